The number of aryl methyl sites for hydroxylation is 2. The van der Waals surface area contributed by atoms with Crippen molar-refractivity contribution in [3.05, 3.63) is 93.0 Å². The molecule has 3 aromatic carbocycles. The van der Waals surface area contributed by atoms with E-state index in [-0.39, 0.29) is 70.9 Å². The number of carbonyl (C=O) groups is 1. The lowest BCUT2D eigenvalue weighted by Crippen LogP contribution is -2.45. The monoisotopic (exact) mass is 800 g/mol. The number of hydrogen-bond donors (Lipinski definition) is 1. The number of likely N-dealkylation sites (tertiary alicyclic amines) is 1. The Morgan fingerprint density at radius 2 is 1.84 bits per heavy atom. The zero-order chi connectivity index (χ0) is 38.8. The molecule has 5 aromatic rings. The average Bonchev–Trinajstić information content (AvgIpc) is 3.46. The molecule has 6 fully saturated rings. The zero-order valence-electron chi connectivity index (χ0n) is 30.5. The number of rotatable bonds is 7. The Bertz CT molecular complexity index is 2490. The van der Waals surface area contributed by atoms with Gasteiger partial charge in [0.25, 0.3) is 0 Å². The fraction of sp³-hybridized carbons (Fsp3) is 0.419. The molecule has 56 heavy (non-hydrogen) atoms. The third kappa shape index (κ3) is 5.53. The van der Waals surface area contributed by atoms with Gasteiger partial charge >= 0.3 is 6.18 Å². The van der Waals surface area contributed by atoms with Gasteiger partial charge in [0, 0.05) is 82.9 Å². The molecule has 2 aliphatic carbocycles. The summed E-state index contributed by atoms with van der Waals surface area (Å²) in [5.74, 6) is -0.213. The number of halogens is 6. The molecular formula is C43H38Cl2F4N6O. The van der Waals surface area contributed by atoms with Crippen LogP contribution >= 0.6 is 23.2 Å². The molecule has 6 atom stereocenters. The van der Waals surface area contributed by atoms with Crippen molar-refractivity contribution in [3.8, 4) is 17.2 Å². The van der Waals surface area contributed by atoms with Crippen LogP contribution in [0.25, 0.3) is 32.9 Å². The van der Waals surface area contributed by atoms with Crippen molar-refractivity contribution in [2.75, 3.05) is 24.5 Å². The standard InChI is InChI=1S/C43H38Cl2F4N6O/c1-21-30-17-34(40-25-13-28(54(40)42(56)22-10-11-22)20-53(19-25)27-7-2-6-26(16-27)43(47,48)49)55(39-24-15-33(39)51-18-24)41(30)31-14-23(5-4-12-50)35(37(46)38(31)52-21)29-8-3-9-32(44)36(29)45/h2-3,6-9,14,16-17,22,24-25,28,33,39-40,51H,4-5,10-11,13,15,18-20H2,1H3/t24-,25+,28-,33-,39+,40-/m1/s1. The van der Waals surface area contributed by atoms with Crippen LogP contribution in [0.5, 0.6) is 0 Å². The Hall–Kier alpha value is -4.37. The van der Waals surface area contributed by atoms with Crippen LogP contribution < -0.4 is 10.2 Å². The molecule has 4 saturated heterocycles. The SMILES string of the molecule is Cc1nc2c(F)c(-c3cccc(Cl)c3Cl)c(CCC#N)cc2c2c1cc([C@H]1[C@H]3C[C@H](CN(c4cccc(C(F)(F)F)c4)C3)N1C(=O)C1CC1)n2[C@H]1[C@H]2CN[C@@H]1C2. The maximum atomic E-state index is 17.3. The first-order valence-corrected chi connectivity index (χ1v) is 20.1. The van der Waals surface area contributed by atoms with Crippen molar-refractivity contribution in [2.45, 2.75) is 75.8 Å². The summed E-state index contributed by atoms with van der Waals surface area (Å²) in [5, 5.41) is 15.3. The number of piperidine rings is 1. The number of benzene rings is 3. The summed E-state index contributed by atoms with van der Waals surface area (Å²) in [6, 6.07) is 16.6. The van der Waals surface area contributed by atoms with Crippen molar-refractivity contribution >= 4 is 56.6 Å². The van der Waals surface area contributed by atoms with Gasteiger partial charge in [-0.3, -0.25) is 4.79 Å². The highest BCUT2D eigenvalue weighted by atomic mass is 35.5. The van der Waals surface area contributed by atoms with Gasteiger partial charge in [-0.25, -0.2) is 9.37 Å². The van der Waals surface area contributed by atoms with Crippen molar-refractivity contribution in [1.82, 2.24) is 19.8 Å². The number of fused-ring (bicyclic) bond motifs is 6. The smallest absolute Gasteiger partial charge is 0.369 e. The lowest BCUT2D eigenvalue weighted by Gasteiger charge is -2.40. The summed E-state index contributed by atoms with van der Waals surface area (Å²) in [4.78, 5) is 23.4. The number of aromatic nitrogens is 2. The van der Waals surface area contributed by atoms with Crippen LogP contribution in [-0.2, 0) is 17.4 Å². The third-order valence-corrected chi connectivity index (χ3v) is 13.9. The maximum absolute atomic E-state index is 17.3. The summed E-state index contributed by atoms with van der Waals surface area (Å²) in [6.45, 7) is 3.66. The predicted molar refractivity (Wildman–Crippen MR) is 208 cm³/mol. The van der Waals surface area contributed by atoms with Crippen LogP contribution in [0, 0.1) is 41.8 Å². The van der Waals surface area contributed by atoms with E-state index in [1.54, 1.807) is 24.3 Å². The highest BCUT2D eigenvalue weighted by molar-refractivity contribution is 6.43. The van der Waals surface area contributed by atoms with Crippen LogP contribution in [-0.4, -0.2) is 52.1 Å². The summed E-state index contributed by atoms with van der Waals surface area (Å²) in [5.41, 5.74) is 3.78. The van der Waals surface area contributed by atoms with Crippen molar-refractivity contribution < 1.29 is 22.4 Å². The summed E-state index contributed by atoms with van der Waals surface area (Å²) in [6.07, 6.45) is -0.625. The highest BCUT2D eigenvalue weighted by Gasteiger charge is 2.55. The Kier molecular flexibility index (Phi) is 8.41. The number of carbonyl (C=O) groups excluding carboxylic acids is 1. The number of hydrogen-bond acceptors (Lipinski definition) is 5. The van der Waals surface area contributed by atoms with E-state index < -0.39 is 17.6 Å². The maximum Gasteiger partial charge on any atom is 0.416 e. The number of nitrogens with zero attached hydrogens (tertiary/aromatic N) is 5. The average molecular weight is 802 g/mol. The molecule has 2 aromatic heterocycles. The van der Waals surface area contributed by atoms with Gasteiger partial charge in [0.1, 0.15) is 5.52 Å². The van der Waals surface area contributed by atoms with Crippen LogP contribution in [0.3, 0.4) is 0 Å². The van der Waals surface area contributed by atoms with E-state index >= 15 is 4.39 Å². The second kappa shape index (κ2) is 13.1. The number of nitrogens with one attached hydrogen (secondary N) is 1. The Morgan fingerprint density at radius 1 is 1.04 bits per heavy atom. The second-order valence-electron chi connectivity index (χ2n) is 16.3. The molecule has 11 rings (SSSR count). The molecule has 4 aliphatic heterocycles. The minimum atomic E-state index is -4.47. The molecule has 7 nitrogen and oxygen atoms in total. The van der Waals surface area contributed by atoms with Crippen molar-refractivity contribution in [1.29, 1.82) is 5.26 Å². The number of anilines is 1. The topological polar surface area (TPSA) is 77.2 Å². The summed E-state index contributed by atoms with van der Waals surface area (Å²) < 4.78 is 61.2. The van der Waals surface area contributed by atoms with E-state index in [1.165, 1.54) is 12.1 Å². The first kappa shape index (κ1) is 36.0. The van der Waals surface area contributed by atoms with E-state index in [2.05, 4.69) is 26.9 Å². The normalized spacial score (nSPS) is 25.6. The highest BCUT2D eigenvalue weighted by Crippen LogP contribution is 2.54. The summed E-state index contributed by atoms with van der Waals surface area (Å²) >= 11 is 13.1. The fourth-order valence-corrected chi connectivity index (χ4v) is 10.8. The first-order valence-electron chi connectivity index (χ1n) is 19.4. The van der Waals surface area contributed by atoms with E-state index in [0.717, 1.165) is 54.9 Å². The molecule has 0 radical (unpaired) electrons. The van der Waals surface area contributed by atoms with Gasteiger partial charge in [-0.05, 0) is 86.9 Å². The first-order chi connectivity index (χ1) is 26.9. The zero-order valence-corrected chi connectivity index (χ0v) is 32.0. The van der Waals surface area contributed by atoms with Crippen LogP contribution in [0.15, 0.2) is 54.6 Å². The van der Waals surface area contributed by atoms with E-state index in [4.69, 9.17) is 28.2 Å². The van der Waals surface area contributed by atoms with Gasteiger partial charge in [0.2, 0.25) is 5.91 Å². The Morgan fingerprint density at radius 3 is 2.55 bits per heavy atom. The largest absolute Gasteiger partial charge is 0.416 e. The minimum Gasteiger partial charge on any atom is -0.369 e. The van der Waals surface area contributed by atoms with Gasteiger partial charge in [0.15, 0.2) is 5.82 Å². The van der Waals surface area contributed by atoms with E-state index in [0.29, 0.717) is 51.9 Å². The second-order valence-corrected chi connectivity index (χ2v) is 17.1. The number of alkyl halides is 3. The van der Waals surface area contributed by atoms with Crippen LogP contribution in [0.2, 0.25) is 10.0 Å². The Labute approximate surface area is 331 Å². The minimum absolute atomic E-state index is 0.0538. The number of amides is 1. The number of pyridine rings is 1. The van der Waals surface area contributed by atoms with Gasteiger partial charge in [0.05, 0.1) is 45.3 Å². The predicted octanol–water partition coefficient (Wildman–Crippen LogP) is 9.81. The van der Waals surface area contributed by atoms with Crippen LogP contribution in [0.4, 0.5) is 23.2 Å². The van der Waals surface area contributed by atoms with Crippen molar-refractivity contribution in [3.63, 3.8) is 0 Å². The fourth-order valence-electron chi connectivity index (χ4n) is 10.4. The molecule has 0 unspecified atom stereocenters. The molecular weight excluding hydrogens is 763 g/mol. The molecule has 0 spiro atoms. The van der Waals surface area contributed by atoms with E-state index in [1.807, 2.05) is 17.9 Å². The molecule has 1 N–H and O–H groups in total. The molecule has 1 amide bonds. The van der Waals surface area contributed by atoms with Gasteiger partial charge < -0.3 is 19.7 Å². The lowest BCUT2D eigenvalue weighted by atomic mass is 9.79. The van der Waals surface area contributed by atoms with E-state index in [9.17, 15) is 23.2 Å². The lowest BCUT2D eigenvalue weighted by molar-refractivity contribution is -0.137. The molecule has 6 aliphatic rings. The van der Waals surface area contributed by atoms with Crippen LogP contribution in [0.1, 0.15) is 66.7 Å². The Balaban J connectivity index is 1.19. The molecule has 13 heteroatoms. The van der Waals surface area contributed by atoms with Gasteiger partial charge in [-0.2, -0.15) is 18.4 Å². The molecule has 2 saturated carbocycles. The molecule has 288 valence electrons. The third-order valence-electron chi connectivity index (χ3n) is 13.1. The quantitative estimate of drug-likeness (QED) is 0.166. The van der Waals surface area contributed by atoms with Crippen molar-refractivity contribution in [2.24, 2.45) is 17.8 Å². The molecule has 4 bridgehead atoms. The van der Waals surface area contributed by atoms with Gasteiger partial charge in [-0.1, -0.05) is 41.4 Å². The van der Waals surface area contributed by atoms with Gasteiger partial charge in [-0.15, -0.1) is 0 Å². The summed E-state index contributed by atoms with van der Waals surface area (Å²) in [7, 11) is 0. The molecule has 6 heterocycles. The number of nitriles is 1.